The molecule has 248 valence electrons. The minimum absolute atomic E-state index is 0.0197. The third-order valence-corrected chi connectivity index (χ3v) is 7.91. The van der Waals surface area contributed by atoms with Crippen LogP contribution in [0.5, 0.6) is 5.75 Å². The van der Waals surface area contributed by atoms with Crippen molar-refractivity contribution in [2.24, 2.45) is 22.2 Å². The Balaban J connectivity index is 1.86. The Hall–Kier alpha value is -4.76. The highest BCUT2D eigenvalue weighted by atomic mass is 32.2. The first kappa shape index (κ1) is 35.7. The number of thioether (sulfide) groups is 1. The van der Waals surface area contributed by atoms with Crippen LogP contribution in [0.15, 0.2) is 59.7 Å². The number of phenols is 1. The summed E-state index contributed by atoms with van der Waals surface area (Å²) in [7, 11) is 0. The van der Waals surface area contributed by atoms with E-state index in [9.17, 15) is 29.4 Å². The van der Waals surface area contributed by atoms with Crippen LogP contribution in [0.2, 0.25) is 0 Å². The van der Waals surface area contributed by atoms with Crippen molar-refractivity contribution < 1.29 is 29.4 Å². The van der Waals surface area contributed by atoms with Gasteiger partial charge in [-0.3, -0.25) is 19.4 Å². The number of aliphatic carboxylic acids is 1. The van der Waals surface area contributed by atoms with Gasteiger partial charge in [0, 0.05) is 36.5 Å². The zero-order valence-electron chi connectivity index (χ0n) is 25.6. The van der Waals surface area contributed by atoms with Crippen LogP contribution in [0.3, 0.4) is 0 Å². The van der Waals surface area contributed by atoms with Gasteiger partial charge in [-0.15, -0.1) is 0 Å². The highest BCUT2D eigenvalue weighted by molar-refractivity contribution is 7.98. The molecule has 14 nitrogen and oxygen atoms in total. The van der Waals surface area contributed by atoms with Crippen LogP contribution >= 0.6 is 11.8 Å². The summed E-state index contributed by atoms with van der Waals surface area (Å²) in [6.45, 7) is 0.206. The van der Waals surface area contributed by atoms with Gasteiger partial charge in [0.15, 0.2) is 5.96 Å². The van der Waals surface area contributed by atoms with Crippen molar-refractivity contribution >= 4 is 52.3 Å². The molecule has 0 saturated carbocycles. The van der Waals surface area contributed by atoms with Crippen LogP contribution in [0.25, 0.3) is 10.9 Å². The van der Waals surface area contributed by atoms with Crippen molar-refractivity contribution in [3.8, 4) is 5.75 Å². The second kappa shape index (κ2) is 17.7. The Labute approximate surface area is 271 Å². The number of para-hydroxylation sites is 1. The summed E-state index contributed by atoms with van der Waals surface area (Å²) in [6.07, 6.45) is 4.46. The Morgan fingerprint density at radius 1 is 0.891 bits per heavy atom. The first-order chi connectivity index (χ1) is 22.0. The zero-order chi connectivity index (χ0) is 33.6. The van der Waals surface area contributed by atoms with Gasteiger partial charge in [0.1, 0.15) is 23.9 Å². The lowest BCUT2D eigenvalue weighted by atomic mass is 10.0. The number of H-pyrrole nitrogens is 1. The third kappa shape index (κ3) is 11.0. The van der Waals surface area contributed by atoms with E-state index in [1.807, 2.05) is 30.5 Å². The number of guanidine groups is 1. The van der Waals surface area contributed by atoms with E-state index in [4.69, 9.17) is 17.2 Å². The molecular weight excluding hydrogens is 612 g/mol. The topological polar surface area (TPSA) is 251 Å². The van der Waals surface area contributed by atoms with Crippen molar-refractivity contribution in [1.29, 1.82) is 0 Å². The van der Waals surface area contributed by atoms with Crippen LogP contribution < -0.4 is 33.2 Å². The molecule has 3 aromatic rings. The van der Waals surface area contributed by atoms with Crippen molar-refractivity contribution in [1.82, 2.24) is 20.9 Å². The number of aromatic nitrogens is 1. The predicted octanol–water partition coefficient (Wildman–Crippen LogP) is 0.332. The number of nitrogens with zero attached hydrogens (tertiary/aromatic N) is 1. The van der Waals surface area contributed by atoms with E-state index < -0.39 is 47.9 Å². The SMILES string of the molecule is CSCCC(N)C(=O)NC(CCCN=C(N)N)C(=O)NC(Cc1c[nH]c2ccccc12)C(=O)NC(Cc1ccc(O)cc1)C(=O)O. The lowest BCUT2D eigenvalue weighted by Gasteiger charge is -2.25. The van der Waals surface area contributed by atoms with Gasteiger partial charge in [0.2, 0.25) is 17.7 Å². The maximum atomic E-state index is 13.7. The lowest BCUT2D eigenvalue weighted by molar-refractivity contribution is -0.142. The van der Waals surface area contributed by atoms with Gasteiger partial charge in [0.25, 0.3) is 0 Å². The fourth-order valence-corrected chi connectivity index (χ4v) is 5.26. The van der Waals surface area contributed by atoms with E-state index in [2.05, 4.69) is 25.9 Å². The normalized spacial score (nSPS) is 13.6. The lowest BCUT2D eigenvalue weighted by Crippen LogP contribution is -2.57. The summed E-state index contributed by atoms with van der Waals surface area (Å²) in [5.41, 5.74) is 19.0. The number of carboxylic acids is 1. The molecule has 4 atom stereocenters. The van der Waals surface area contributed by atoms with Crippen molar-refractivity contribution in [2.75, 3.05) is 18.6 Å². The number of carbonyl (C=O) groups is 4. The number of rotatable bonds is 18. The first-order valence-electron chi connectivity index (χ1n) is 14.7. The second-order valence-electron chi connectivity index (χ2n) is 10.8. The number of amides is 3. The Kier molecular flexibility index (Phi) is 13.7. The summed E-state index contributed by atoms with van der Waals surface area (Å²) in [6, 6.07) is 8.93. The first-order valence-corrected chi connectivity index (χ1v) is 16.1. The summed E-state index contributed by atoms with van der Waals surface area (Å²) in [4.78, 5) is 59.5. The molecule has 3 amide bonds. The average molecular weight is 655 g/mol. The van der Waals surface area contributed by atoms with E-state index in [0.29, 0.717) is 29.7 Å². The largest absolute Gasteiger partial charge is 0.508 e. The van der Waals surface area contributed by atoms with E-state index >= 15 is 0 Å². The molecule has 12 N–H and O–H groups in total. The van der Waals surface area contributed by atoms with Gasteiger partial charge < -0.3 is 48.3 Å². The highest BCUT2D eigenvalue weighted by Gasteiger charge is 2.31. The number of hydrogen-bond acceptors (Lipinski definition) is 8. The number of aromatic hydroxyl groups is 1. The van der Waals surface area contributed by atoms with E-state index in [1.165, 1.54) is 23.9 Å². The molecule has 0 aliphatic carbocycles. The van der Waals surface area contributed by atoms with E-state index in [1.54, 1.807) is 18.3 Å². The van der Waals surface area contributed by atoms with Crippen LogP contribution in [0.1, 0.15) is 30.4 Å². The molecule has 1 aromatic heterocycles. The average Bonchev–Trinajstić information content (AvgIpc) is 3.43. The number of carboxylic acid groups (broad SMARTS) is 1. The zero-order valence-corrected chi connectivity index (χ0v) is 26.4. The molecule has 0 aliphatic heterocycles. The van der Waals surface area contributed by atoms with Gasteiger partial charge in [-0.2, -0.15) is 11.8 Å². The van der Waals surface area contributed by atoms with Gasteiger partial charge in [-0.05, 0) is 60.6 Å². The fraction of sp³-hybridized carbons (Fsp3) is 0.387. The molecule has 46 heavy (non-hydrogen) atoms. The number of carbonyl (C=O) groups excluding carboxylic acids is 3. The number of nitrogens with two attached hydrogens (primary N) is 3. The maximum Gasteiger partial charge on any atom is 0.326 e. The maximum absolute atomic E-state index is 13.7. The molecule has 15 heteroatoms. The molecule has 2 aromatic carbocycles. The molecule has 0 fully saturated rings. The number of aromatic amines is 1. The molecule has 0 saturated heterocycles. The smallest absolute Gasteiger partial charge is 0.326 e. The number of aliphatic imine (C=N–C) groups is 1. The molecular formula is C31H42N8O6S. The third-order valence-electron chi connectivity index (χ3n) is 7.27. The molecule has 4 unspecified atom stereocenters. The van der Waals surface area contributed by atoms with E-state index in [-0.39, 0.29) is 37.5 Å². The quantitative estimate of drug-likeness (QED) is 0.0516. The molecule has 3 rings (SSSR count). The summed E-state index contributed by atoms with van der Waals surface area (Å²) in [5, 5.41) is 28.3. The van der Waals surface area contributed by atoms with Gasteiger partial charge in [-0.25, -0.2) is 4.79 Å². The van der Waals surface area contributed by atoms with Gasteiger partial charge >= 0.3 is 5.97 Å². The van der Waals surface area contributed by atoms with Gasteiger partial charge in [-0.1, -0.05) is 30.3 Å². The van der Waals surface area contributed by atoms with Crippen LogP contribution in [0.4, 0.5) is 0 Å². The number of phenolic OH excluding ortho intramolecular Hbond substituents is 1. The van der Waals surface area contributed by atoms with Crippen LogP contribution in [-0.2, 0) is 32.0 Å². The summed E-state index contributed by atoms with van der Waals surface area (Å²) < 4.78 is 0. The predicted molar refractivity (Wildman–Crippen MR) is 178 cm³/mol. The van der Waals surface area contributed by atoms with Crippen LogP contribution in [-0.4, -0.2) is 87.6 Å². The summed E-state index contributed by atoms with van der Waals surface area (Å²) in [5.74, 6) is -2.62. The number of nitrogens with one attached hydrogen (secondary N) is 4. The molecule has 1 heterocycles. The highest BCUT2D eigenvalue weighted by Crippen LogP contribution is 2.20. The number of fused-ring (bicyclic) bond motifs is 1. The Bertz CT molecular complexity index is 1510. The second-order valence-corrected chi connectivity index (χ2v) is 11.8. The fourth-order valence-electron chi connectivity index (χ4n) is 4.77. The molecule has 0 radical (unpaired) electrons. The Morgan fingerprint density at radius 2 is 1.54 bits per heavy atom. The molecule has 0 spiro atoms. The minimum atomic E-state index is -1.33. The monoisotopic (exact) mass is 654 g/mol. The molecule has 0 aliphatic rings. The van der Waals surface area contributed by atoms with Crippen molar-refractivity contribution in [2.45, 2.75) is 56.3 Å². The minimum Gasteiger partial charge on any atom is -0.508 e. The summed E-state index contributed by atoms with van der Waals surface area (Å²) >= 11 is 1.54. The number of hydrogen-bond donors (Lipinski definition) is 9. The van der Waals surface area contributed by atoms with Gasteiger partial charge in [0.05, 0.1) is 6.04 Å². The Morgan fingerprint density at radius 3 is 2.22 bits per heavy atom. The van der Waals surface area contributed by atoms with Crippen molar-refractivity contribution in [3.63, 3.8) is 0 Å². The van der Waals surface area contributed by atoms with E-state index in [0.717, 1.165) is 10.9 Å². The number of benzene rings is 2. The van der Waals surface area contributed by atoms with Crippen molar-refractivity contribution in [3.05, 3.63) is 65.9 Å². The molecule has 0 bridgehead atoms. The van der Waals surface area contributed by atoms with Crippen LogP contribution in [0, 0.1) is 0 Å². The standard InChI is InChI=1S/C31H42N8O6S/c1-46-14-12-22(32)27(41)37-24(7-4-13-35-31(33)34)28(42)38-25(16-19-17-36-23-6-3-2-5-21(19)23)29(43)39-26(30(44)45)15-18-8-10-20(40)11-9-18/h2-3,5-6,8-11,17,22,24-26,36,40H,4,7,12-16,32H2,1H3,(H,37,41)(H,38,42)(H,39,43)(H,44,45)(H4,33,34,35).